The molecule has 1 unspecified atom stereocenters. The van der Waals surface area contributed by atoms with Crippen LogP contribution in [0, 0.1) is 5.92 Å². The number of benzene rings is 1. The van der Waals surface area contributed by atoms with Gasteiger partial charge in [0.15, 0.2) is 5.78 Å². The maximum atomic E-state index is 11.9. The molecule has 1 N–H and O–H groups in total. The highest BCUT2D eigenvalue weighted by Gasteiger charge is 2.22. The summed E-state index contributed by atoms with van der Waals surface area (Å²) in [5.41, 5.74) is 0.347. The Morgan fingerprint density at radius 2 is 2.00 bits per heavy atom. The van der Waals surface area contributed by atoms with Crippen molar-refractivity contribution in [2.45, 2.75) is 18.7 Å². The Kier molecular flexibility index (Phi) is 4.34. The Labute approximate surface area is 106 Å². The minimum atomic E-state index is -0.266. The summed E-state index contributed by atoms with van der Waals surface area (Å²) in [5.74, 6) is 0.119. The molecule has 0 saturated heterocycles. The third-order valence-corrected chi connectivity index (χ3v) is 4.03. The van der Waals surface area contributed by atoms with E-state index in [1.165, 1.54) is 6.07 Å². The van der Waals surface area contributed by atoms with Gasteiger partial charge in [-0.2, -0.15) is 0 Å². The summed E-state index contributed by atoms with van der Waals surface area (Å²) in [6.45, 7) is 3.90. The van der Waals surface area contributed by atoms with Crippen LogP contribution in [0.1, 0.15) is 24.2 Å². The van der Waals surface area contributed by atoms with E-state index in [-0.39, 0.29) is 22.3 Å². The lowest BCUT2D eigenvalue weighted by molar-refractivity contribution is 0.0975. The summed E-state index contributed by atoms with van der Waals surface area (Å²) in [5, 5.41) is 9.57. The normalized spacial score (nSPS) is 12.9. The summed E-state index contributed by atoms with van der Waals surface area (Å²) in [7, 11) is 0. The number of carbonyl (C=O) groups is 1. The van der Waals surface area contributed by atoms with Gasteiger partial charge in [0.25, 0.3) is 0 Å². The van der Waals surface area contributed by atoms with Crippen molar-refractivity contribution >= 4 is 37.6 Å². The van der Waals surface area contributed by atoms with E-state index in [2.05, 4.69) is 31.9 Å². The molecular weight excluding hydrogens is 324 g/mol. The summed E-state index contributed by atoms with van der Waals surface area (Å²) >= 11 is 6.60. The van der Waals surface area contributed by atoms with Crippen LogP contribution in [0.2, 0.25) is 0 Å². The van der Waals surface area contributed by atoms with E-state index in [1.807, 2.05) is 13.8 Å². The molecule has 0 aliphatic rings. The molecule has 1 aromatic carbocycles. The molecule has 0 aromatic heterocycles. The summed E-state index contributed by atoms with van der Waals surface area (Å²) in [6.07, 6.45) is 0. The Balaban J connectivity index is 3.05. The van der Waals surface area contributed by atoms with Crippen molar-refractivity contribution in [1.82, 2.24) is 0 Å². The number of hydrogen-bond acceptors (Lipinski definition) is 2. The maximum Gasteiger partial charge on any atom is 0.180 e. The number of ketones is 1. The lowest BCUT2D eigenvalue weighted by Gasteiger charge is -2.13. The summed E-state index contributed by atoms with van der Waals surface area (Å²) in [6, 6.07) is 4.84. The first-order chi connectivity index (χ1) is 6.93. The van der Waals surface area contributed by atoms with Crippen LogP contribution in [0.25, 0.3) is 0 Å². The van der Waals surface area contributed by atoms with Crippen molar-refractivity contribution in [2.24, 2.45) is 5.92 Å². The van der Waals surface area contributed by atoms with E-state index < -0.39 is 0 Å². The monoisotopic (exact) mass is 334 g/mol. The van der Waals surface area contributed by atoms with Gasteiger partial charge in [-0.3, -0.25) is 4.79 Å². The Morgan fingerprint density at radius 1 is 1.40 bits per heavy atom. The smallest absolute Gasteiger partial charge is 0.180 e. The second-order valence-electron chi connectivity index (χ2n) is 3.67. The number of phenolic OH excluding ortho intramolecular Hbond substituents is 1. The Morgan fingerprint density at radius 3 is 2.53 bits per heavy atom. The van der Waals surface area contributed by atoms with Gasteiger partial charge < -0.3 is 5.11 Å². The van der Waals surface area contributed by atoms with Gasteiger partial charge >= 0.3 is 0 Å². The molecule has 0 spiro atoms. The molecular formula is C11H12Br2O2. The van der Waals surface area contributed by atoms with Gasteiger partial charge in [-0.15, -0.1) is 0 Å². The third-order valence-electron chi connectivity index (χ3n) is 2.06. The van der Waals surface area contributed by atoms with Crippen molar-refractivity contribution < 1.29 is 9.90 Å². The van der Waals surface area contributed by atoms with Gasteiger partial charge in [-0.05, 0) is 24.1 Å². The SMILES string of the molecule is CC(C)C(Br)C(=O)c1cc(Br)ccc1O. The zero-order chi connectivity index (χ0) is 11.6. The van der Waals surface area contributed by atoms with Crippen LogP contribution < -0.4 is 0 Å². The molecule has 82 valence electrons. The van der Waals surface area contributed by atoms with Crippen LogP contribution in [-0.2, 0) is 0 Å². The van der Waals surface area contributed by atoms with E-state index in [0.717, 1.165) is 4.47 Å². The Hall–Kier alpha value is -0.350. The van der Waals surface area contributed by atoms with E-state index in [9.17, 15) is 9.90 Å². The predicted octanol–water partition coefficient (Wildman–Crippen LogP) is 3.76. The number of hydrogen-bond donors (Lipinski definition) is 1. The van der Waals surface area contributed by atoms with Crippen LogP contribution in [0.3, 0.4) is 0 Å². The highest BCUT2D eigenvalue weighted by molar-refractivity contribution is 9.10. The first-order valence-corrected chi connectivity index (χ1v) is 6.31. The average Bonchev–Trinajstić information content (AvgIpc) is 2.19. The fourth-order valence-electron chi connectivity index (χ4n) is 1.16. The number of rotatable bonds is 3. The predicted molar refractivity (Wildman–Crippen MR) is 67.7 cm³/mol. The summed E-state index contributed by atoms with van der Waals surface area (Å²) < 4.78 is 0.784. The lowest BCUT2D eigenvalue weighted by Crippen LogP contribution is -2.20. The maximum absolute atomic E-state index is 11.9. The molecule has 2 nitrogen and oxygen atoms in total. The average molecular weight is 336 g/mol. The highest BCUT2D eigenvalue weighted by atomic mass is 79.9. The molecule has 0 radical (unpaired) electrons. The molecule has 0 fully saturated rings. The summed E-state index contributed by atoms with van der Waals surface area (Å²) in [4.78, 5) is 11.7. The van der Waals surface area contributed by atoms with Gasteiger partial charge in [0.2, 0.25) is 0 Å². The topological polar surface area (TPSA) is 37.3 Å². The molecule has 15 heavy (non-hydrogen) atoms. The van der Waals surface area contributed by atoms with E-state index >= 15 is 0 Å². The third kappa shape index (κ3) is 3.05. The van der Waals surface area contributed by atoms with Crippen molar-refractivity contribution in [1.29, 1.82) is 0 Å². The first-order valence-electron chi connectivity index (χ1n) is 4.60. The molecule has 4 heteroatoms. The molecule has 0 amide bonds. The molecule has 1 atom stereocenters. The fourth-order valence-corrected chi connectivity index (χ4v) is 1.76. The zero-order valence-electron chi connectivity index (χ0n) is 8.50. The molecule has 0 aliphatic carbocycles. The van der Waals surface area contributed by atoms with Crippen LogP contribution >= 0.6 is 31.9 Å². The minimum Gasteiger partial charge on any atom is -0.507 e. The molecule has 1 aromatic rings. The van der Waals surface area contributed by atoms with Crippen molar-refractivity contribution in [3.8, 4) is 5.75 Å². The highest BCUT2D eigenvalue weighted by Crippen LogP contribution is 2.26. The largest absolute Gasteiger partial charge is 0.507 e. The molecule has 0 heterocycles. The number of Topliss-reactive ketones (excluding diaryl/α,β-unsaturated/α-hetero) is 1. The lowest BCUT2D eigenvalue weighted by atomic mass is 10.0. The molecule has 0 bridgehead atoms. The van der Waals surface area contributed by atoms with E-state index in [4.69, 9.17) is 0 Å². The number of halogens is 2. The number of aromatic hydroxyl groups is 1. The van der Waals surface area contributed by atoms with E-state index in [0.29, 0.717) is 5.56 Å². The minimum absolute atomic E-state index is 0.0216. The Bertz CT molecular complexity index is 375. The van der Waals surface area contributed by atoms with Gasteiger partial charge in [-0.1, -0.05) is 45.7 Å². The first kappa shape index (κ1) is 12.7. The standard InChI is InChI=1S/C11H12Br2O2/c1-6(2)10(13)11(15)8-5-7(12)3-4-9(8)14/h3-6,10,14H,1-2H3. The molecule has 0 saturated carbocycles. The van der Waals surface area contributed by atoms with Gasteiger partial charge in [0.05, 0.1) is 10.4 Å². The number of phenols is 1. The van der Waals surface area contributed by atoms with E-state index in [1.54, 1.807) is 12.1 Å². The van der Waals surface area contributed by atoms with Crippen LogP contribution in [0.15, 0.2) is 22.7 Å². The van der Waals surface area contributed by atoms with Crippen LogP contribution in [-0.4, -0.2) is 15.7 Å². The molecule has 0 aliphatic heterocycles. The fraction of sp³-hybridized carbons (Fsp3) is 0.364. The number of carbonyl (C=O) groups excluding carboxylic acids is 1. The van der Waals surface area contributed by atoms with Gasteiger partial charge in [0, 0.05) is 4.47 Å². The van der Waals surface area contributed by atoms with Crippen molar-refractivity contribution in [2.75, 3.05) is 0 Å². The van der Waals surface area contributed by atoms with Crippen molar-refractivity contribution in [3.63, 3.8) is 0 Å². The van der Waals surface area contributed by atoms with Gasteiger partial charge in [0.1, 0.15) is 5.75 Å². The second-order valence-corrected chi connectivity index (χ2v) is 5.57. The quantitative estimate of drug-likeness (QED) is 0.674. The number of alkyl halides is 1. The van der Waals surface area contributed by atoms with Gasteiger partial charge in [-0.25, -0.2) is 0 Å². The van der Waals surface area contributed by atoms with Crippen molar-refractivity contribution in [3.05, 3.63) is 28.2 Å². The second kappa shape index (κ2) is 5.12. The van der Waals surface area contributed by atoms with Crippen LogP contribution in [0.4, 0.5) is 0 Å². The molecule has 1 rings (SSSR count). The van der Waals surface area contributed by atoms with Crippen LogP contribution in [0.5, 0.6) is 5.75 Å². The zero-order valence-corrected chi connectivity index (χ0v) is 11.7.